The standard InChI is InChI=1S/C12H14ClF2NO3/c1-3-19-11(17)5-8-10(18-2)4-7(12(14)15)9(6-13)16-8/h4,12H,3,5-6H2,1-2H3. The van der Waals surface area contributed by atoms with E-state index in [1.165, 1.54) is 7.11 Å². The molecule has 4 nitrogen and oxygen atoms in total. The van der Waals surface area contributed by atoms with Crippen LogP contribution in [-0.4, -0.2) is 24.7 Å². The van der Waals surface area contributed by atoms with Crippen LogP contribution < -0.4 is 4.74 Å². The molecule has 0 N–H and O–H groups in total. The van der Waals surface area contributed by atoms with Gasteiger partial charge in [0.05, 0.1) is 37.4 Å². The van der Waals surface area contributed by atoms with Crippen molar-refractivity contribution in [2.24, 2.45) is 0 Å². The Morgan fingerprint density at radius 2 is 2.16 bits per heavy atom. The Hall–Kier alpha value is -1.43. The molecule has 0 radical (unpaired) electrons. The van der Waals surface area contributed by atoms with Crippen LogP contribution >= 0.6 is 11.6 Å². The van der Waals surface area contributed by atoms with Gasteiger partial charge in [0, 0.05) is 5.56 Å². The summed E-state index contributed by atoms with van der Waals surface area (Å²) < 4.78 is 35.3. The molecule has 0 saturated heterocycles. The molecule has 0 aliphatic carbocycles. The third kappa shape index (κ3) is 4.02. The van der Waals surface area contributed by atoms with Crippen LogP contribution in [0.1, 0.15) is 30.3 Å². The Morgan fingerprint density at radius 3 is 2.63 bits per heavy atom. The highest BCUT2D eigenvalue weighted by atomic mass is 35.5. The maximum Gasteiger partial charge on any atom is 0.312 e. The van der Waals surface area contributed by atoms with Crippen molar-refractivity contribution >= 4 is 17.6 Å². The molecule has 0 aliphatic rings. The van der Waals surface area contributed by atoms with Gasteiger partial charge in [-0.15, -0.1) is 11.6 Å². The van der Waals surface area contributed by atoms with Crippen molar-refractivity contribution in [2.75, 3.05) is 13.7 Å². The molecular formula is C12H14ClF2NO3. The van der Waals surface area contributed by atoms with Gasteiger partial charge in [0.25, 0.3) is 6.43 Å². The monoisotopic (exact) mass is 293 g/mol. The summed E-state index contributed by atoms with van der Waals surface area (Å²) in [6.07, 6.45) is -2.85. The molecule has 1 aromatic heterocycles. The maximum absolute atomic E-state index is 12.8. The number of aromatic nitrogens is 1. The second-order valence-corrected chi connectivity index (χ2v) is 3.86. The summed E-state index contributed by atoms with van der Waals surface area (Å²) in [5.41, 5.74) is -0.0165. The molecule has 0 aromatic carbocycles. The zero-order chi connectivity index (χ0) is 14.4. The summed E-state index contributed by atoms with van der Waals surface area (Å²) in [6.45, 7) is 1.91. The second-order valence-electron chi connectivity index (χ2n) is 3.59. The first-order valence-electron chi connectivity index (χ1n) is 5.59. The number of hydrogen-bond acceptors (Lipinski definition) is 4. The highest BCUT2D eigenvalue weighted by Gasteiger charge is 2.20. The molecule has 0 unspecified atom stereocenters. The van der Waals surface area contributed by atoms with Crippen molar-refractivity contribution in [3.05, 3.63) is 23.0 Å². The number of hydrogen-bond donors (Lipinski definition) is 0. The fraction of sp³-hybridized carbons (Fsp3) is 0.500. The molecule has 0 bridgehead atoms. The molecule has 0 atom stereocenters. The van der Waals surface area contributed by atoms with Gasteiger partial charge in [0.2, 0.25) is 0 Å². The third-order valence-corrected chi connectivity index (χ3v) is 2.63. The van der Waals surface area contributed by atoms with Crippen molar-refractivity contribution in [1.82, 2.24) is 4.98 Å². The highest BCUT2D eigenvalue weighted by Crippen LogP contribution is 2.29. The van der Waals surface area contributed by atoms with Crippen LogP contribution in [0.5, 0.6) is 5.75 Å². The molecule has 106 valence electrons. The predicted octanol–water partition coefficient (Wildman–Crippen LogP) is 2.87. The molecule has 1 rings (SSSR count). The number of pyridine rings is 1. The van der Waals surface area contributed by atoms with Gasteiger partial charge in [-0.25, -0.2) is 8.78 Å². The number of halogens is 3. The first-order valence-corrected chi connectivity index (χ1v) is 6.13. The Morgan fingerprint density at radius 1 is 1.47 bits per heavy atom. The summed E-state index contributed by atoms with van der Waals surface area (Å²) in [4.78, 5) is 15.4. The van der Waals surface area contributed by atoms with Crippen LogP contribution in [0.2, 0.25) is 0 Å². The lowest BCUT2D eigenvalue weighted by Crippen LogP contribution is -2.12. The van der Waals surface area contributed by atoms with Crippen LogP contribution in [0.3, 0.4) is 0 Å². The van der Waals surface area contributed by atoms with E-state index in [1.807, 2.05) is 0 Å². The van der Waals surface area contributed by atoms with Crippen molar-refractivity contribution in [1.29, 1.82) is 0 Å². The van der Waals surface area contributed by atoms with Gasteiger partial charge in [0.1, 0.15) is 5.75 Å². The van der Waals surface area contributed by atoms with Crippen molar-refractivity contribution < 1.29 is 23.0 Å². The number of ether oxygens (including phenoxy) is 2. The molecule has 1 heterocycles. The van der Waals surface area contributed by atoms with Gasteiger partial charge in [0.15, 0.2) is 0 Å². The van der Waals surface area contributed by atoms with Crippen LogP contribution in [0.4, 0.5) is 8.78 Å². The summed E-state index contributed by atoms with van der Waals surface area (Å²) in [7, 11) is 1.32. The minimum Gasteiger partial charge on any atom is -0.495 e. The van der Waals surface area contributed by atoms with Crippen LogP contribution in [0, 0.1) is 0 Å². The van der Waals surface area contributed by atoms with E-state index in [0.717, 1.165) is 6.07 Å². The number of carbonyl (C=O) groups is 1. The lowest BCUT2D eigenvalue weighted by molar-refractivity contribution is -0.142. The third-order valence-electron chi connectivity index (χ3n) is 2.37. The van der Waals surface area contributed by atoms with E-state index in [9.17, 15) is 13.6 Å². The number of alkyl halides is 3. The lowest BCUT2D eigenvalue weighted by atomic mass is 10.1. The van der Waals surface area contributed by atoms with E-state index in [4.69, 9.17) is 21.1 Å². The number of carbonyl (C=O) groups excluding carboxylic acids is 1. The van der Waals surface area contributed by atoms with E-state index in [1.54, 1.807) is 6.92 Å². The Balaban J connectivity index is 3.13. The van der Waals surface area contributed by atoms with Crippen LogP contribution in [0.25, 0.3) is 0 Å². The van der Waals surface area contributed by atoms with E-state index in [0.29, 0.717) is 0 Å². The average molecular weight is 294 g/mol. The first kappa shape index (κ1) is 15.6. The second kappa shape index (κ2) is 7.23. The topological polar surface area (TPSA) is 48.4 Å². The molecule has 7 heteroatoms. The van der Waals surface area contributed by atoms with E-state index < -0.39 is 12.4 Å². The number of nitrogens with zero attached hydrogens (tertiary/aromatic N) is 1. The molecule has 1 aromatic rings. The molecule has 0 spiro atoms. The van der Waals surface area contributed by atoms with Crippen molar-refractivity contribution in [2.45, 2.75) is 25.7 Å². The van der Waals surface area contributed by atoms with Gasteiger partial charge in [-0.05, 0) is 13.0 Å². The normalized spacial score (nSPS) is 10.6. The van der Waals surface area contributed by atoms with Gasteiger partial charge in [-0.1, -0.05) is 0 Å². The molecule has 19 heavy (non-hydrogen) atoms. The maximum atomic E-state index is 12.8. The van der Waals surface area contributed by atoms with Crippen molar-refractivity contribution in [3.8, 4) is 5.75 Å². The predicted molar refractivity (Wildman–Crippen MR) is 65.6 cm³/mol. The fourth-order valence-corrected chi connectivity index (χ4v) is 1.75. The number of rotatable bonds is 6. The zero-order valence-electron chi connectivity index (χ0n) is 10.6. The summed E-state index contributed by atoms with van der Waals surface area (Å²) in [6, 6.07) is 1.16. The Bertz CT molecular complexity index is 455. The van der Waals surface area contributed by atoms with Crippen molar-refractivity contribution in [3.63, 3.8) is 0 Å². The first-order chi connectivity index (χ1) is 9.03. The van der Waals surface area contributed by atoms with Gasteiger partial charge in [-0.3, -0.25) is 9.78 Å². The minimum atomic E-state index is -2.70. The van der Waals surface area contributed by atoms with Gasteiger partial charge < -0.3 is 9.47 Å². The SMILES string of the molecule is CCOC(=O)Cc1nc(CCl)c(C(F)F)cc1OC. The Kier molecular flexibility index (Phi) is 5.95. The van der Waals surface area contributed by atoms with E-state index in [2.05, 4.69) is 4.98 Å². The quantitative estimate of drug-likeness (QED) is 0.598. The highest BCUT2D eigenvalue weighted by molar-refractivity contribution is 6.17. The Labute approximate surface area is 114 Å². The summed E-state index contributed by atoms with van der Waals surface area (Å²) >= 11 is 5.59. The van der Waals surface area contributed by atoms with E-state index in [-0.39, 0.29) is 41.6 Å². The number of esters is 1. The zero-order valence-corrected chi connectivity index (χ0v) is 11.3. The molecule has 0 fully saturated rings. The summed E-state index contributed by atoms with van der Waals surface area (Å²) in [5.74, 6) is -0.546. The lowest BCUT2D eigenvalue weighted by Gasteiger charge is -2.12. The molecule has 0 amide bonds. The van der Waals surface area contributed by atoms with Crippen LogP contribution in [0.15, 0.2) is 6.07 Å². The average Bonchev–Trinajstić information content (AvgIpc) is 2.38. The molecular weight excluding hydrogens is 280 g/mol. The molecule has 0 saturated carbocycles. The molecule has 0 aliphatic heterocycles. The van der Waals surface area contributed by atoms with Gasteiger partial charge in [-0.2, -0.15) is 0 Å². The van der Waals surface area contributed by atoms with Crippen LogP contribution in [-0.2, 0) is 21.8 Å². The van der Waals surface area contributed by atoms with Gasteiger partial charge >= 0.3 is 5.97 Å². The fourth-order valence-electron chi connectivity index (χ4n) is 1.54. The summed E-state index contributed by atoms with van der Waals surface area (Å²) in [5, 5.41) is 0. The number of methoxy groups -OCH3 is 1. The smallest absolute Gasteiger partial charge is 0.312 e. The largest absolute Gasteiger partial charge is 0.495 e. The minimum absolute atomic E-state index is 0.0387. The van der Waals surface area contributed by atoms with E-state index >= 15 is 0 Å².